The molecule has 0 radical (unpaired) electrons. The molecule has 0 saturated carbocycles. The molecule has 2 aromatic carbocycles. The molecule has 0 unspecified atom stereocenters. The van der Waals surface area contributed by atoms with Crippen molar-refractivity contribution in [3.05, 3.63) is 64.7 Å². The van der Waals surface area contributed by atoms with Crippen LogP contribution in [0.25, 0.3) is 16.6 Å². The van der Waals surface area contributed by atoms with Crippen molar-refractivity contribution in [3.8, 4) is 11.4 Å². The molecule has 5 heteroatoms. The van der Waals surface area contributed by atoms with E-state index < -0.39 is 0 Å². The lowest BCUT2D eigenvalue weighted by atomic mass is 10.2. The van der Waals surface area contributed by atoms with Crippen LogP contribution in [-0.2, 0) is 6.42 Å². The van der Waals surface area contributed by atoms with Crippen LogP contribution < -0.4 is 16.0 Å². The molecule has 5 nitrogen and oxygen atoms in total. The molecular weight excluding hydrogens is 278 g/mol. The normalized spacial score (nSPS) is 10.8. The lowest BCUT2D eigenvalue weighted by molar-refractivity contribution is 0.418. The van der Waals surface area contributed by atoms with Gasteiger partial charge in [-0.1, -0.05) is 24.3 Å². The van der Waals surface area contributed by atoms with Crippen molar-refractivity contribution < 1.29 is 4.74 Å². The molecule has 0 saturated heterocycles. The minimum Gasteiger partial charge on any atom is -0.494 e. The molecule has 0 aliphatic heterocycles. The number of benzene rings is 2. The fourth-order valence-electron chi connectivity index (χ4n) is 2.53. The molecule has 3 rings (SSSR count). The Morgan fingerprint density at radius 2 is 1.91 bits per heavy atom. The zero-order valence-corrected chi connectivity index (χ0v) is 12.3. The van der Waals surface area contributed by atoms with E-state index in [1.165, 1.54) is 0 Å². The van der Waals surface area contributed by atoms with Crippen LogP contribution in [0.4, 0.5) is 0 Å². The van der Waals surface area contributed by atoms with Crippen molar-refractivity contribution in [3.63, 3.8) is 0 Å². The van der Waals surface area contributed by atoms with Crippen LogP contribution >= 0.6 is 0 Å². The number of nitrogens with zero attached hydrogens (tertiary/aromatic N) is 2. The molecule has 0 aliphatic carbocycles. The van der Waals surface area contributed by atoms with Crippen LogP contribution in [0, 0.1) is 0 Å². The number of fused-ring (bicyclic) bond motifs is 1. The number of hydrogen-bond acceptors (Lipinski definition) is 4. The van der Waals surface area contributed by atoms with E-state index in [0.29, 0.717) is 35.4 Å². The predicted molar refractivity (Wildman–Crippen MR) is 86.7 cm³/mol. The first kappa shape index (κ1) is 14.3. The van der Waals surface area contributed by atoms with Crippen LogP contribution in [0.3, 0.4) is 0 Å². The van der Waals surface area contributed by atoms with Gasteiger partial charge in [-0.3, -0.25) is 9.36 Å². The van der Waals surface area contributed by atoms with Crippen LogP contribution in [0.15, 0.2) is 53.3 Å². The van der Waals surface area contributed by atoms with Gasteiger partial charge in [-0.05, 0) is 30.8 Å². The molecule has 0 fully saturated rings. The fourth-order valence-corrected chi connectivity index (χ4v) is 2.53. The summed E-state index contributed by atoms with van der Waals surface area (Å²) in [6.45, 7) is 0.417. The first-order valence-electron chi connectivity index (χ1n) is 7.10. The Balaban J connectivity index is 2.38. The quantitative estimate of drug-likeness (QED) is 0.798. The molecule has 112 valence electrons. The zero-order valence-electron chi connectivity index (χ0n) is 12.3. The monoisotopic (exact) mass is 295 g/mol. The smallest absolute Gasteiger partial charge is 0.266 e. The van der Waals surface area contributed by atoms with Crippen molar-refractivity contribution in [2.45, 2.75) is 6.42 Å². The Bertz CT molecular complexity index is 857. The standard InChI is InChI=1S/C17H17N3O2/c1-22-14-9-5-8-13-16(14)19-15(10-11-18)20(17(13)21)12-6-3-2-4-7-12/h2-9H,10-11,18H2,1H3. The van der Waals surface area contributed by atoms with Crippen molar-refractivity contribution >= 4 is 10.9 Å². The van der Waals surface area contributed by atoms with E-state index in [2.05, 4.69) is 4.98 Å². The summed E-state index contributed by atoms with van der Waals surface area (Å²) in [6, 6.07) is 14.8. The van der Waals surface area contributed by atoms with Crippen molar-refractivity contribution in [2.75, 3.05) is 13.7 Å². The van der Waals surface area contributed by atoms with E-state index in [4.69, 9.17) is 10.5 Å². The first-order chi connectivity index (χ1) is 10.8. The van der Waals surface area contributed by atoms with Crippen molar-refractivity contribution in [1.29, 1.82) is 0 Å². The number of para-hydroxylation sites is 2. The number of aromatic nitrogens is 2. The minimum atomic E-state index is -0.112. The van der Waals surface area contributed by atoms with Gasteiger partial charge in [-0.15, -0.1) is 0 Å². The second-order valence-electron chi connectivity index (χ2n) is 4.90. The summed E-state index contributed by atoms with van der Waals surface area (Å²) < 4.78 is 6.94. The number of hydrogen-bond donors (Lipinski definition) is 1. The first-order valence-corrected chi connectivity index (χ1v) is 7.10. The molecule has 0 aliphatic rings. The van der Waals surface area contributed by atoms with Gasteiger partial charge >= 0.3 is 0 Å². The topological polar surface area (TPSA) is 70.1 Å². The van der Waals surface area contributed by atoms with Gasteiger partial charge in [0.25, 0.3) is 5.56 Å². The number of rotatable bonds is 4. The summed E-state index contributed by atoms with van der Waals surface area (Å²) in [4.78, 5) is 17.6. The third kappa shape index (κ3) is 2.35. The summed E-state index contributed by atoms with van der Waals surface area (Å²) in [6.07, 6.45) is 0.512. The lowest BCUT2D eigenvalue weighted by Gasteiger charge is -2.14. The molecule has 3 aromatic rings. The van der Waals surface area contributed by atoms with E-state index in [-0.39, 0.29) is 5.56 Å². The summed E-state index contributed by atoms with van der Waals surface area (Å²) in [5.41, 5.74) is 6.93. The second-order valence-corrected chi connectivity index (χ2v) is 4.90. The van der Waals surface area contributed by atoms with Crippen LogP contribution in [0.1, 0.15) is 5.82 Å². The molecule has 1 heterocycles. The highest BCUT2D eigenvalue weighted by Crippen LogP contribution is 2.22. The molecule has 0 atom stereocenters. The minimum absolute atomic E-state index is 0.112. The maximum Gasteiger partial charge on any atom is 0.266 e. The number of nitrogens with two attached hydrogens (primary N) is 1. The van der Waals surface area contributed by atoms with Gasteiger partial charge in [0.1, 0.15) is 17.1 Å². The molecule has 0 spiro atoms. The lowest BCUT2D eigenvalue weighted by Crippen LogP contribution is -2.25. The fraction of sp³-hybridized carbons (Fsp3) is 0.176. The average Bonchev–Trinajstić information content (AvgIpc) is 2.56. The largest absolute Gasteiger partial charge is 0.494 e. The Morgan fingerprint density at radius 1 is 1.14 bits per heavy atom. The van der Waals surface area contributed by atoms with Gasteiger partial charge in [0.05, 0.1) is 18.2 Å². The van der Waals surface area contributed by atoms with Gasteiger partial charge in [-0.25, -0.2) is 4.98 Å². The Labute approximate surface area is 128 Å². The third-order valence-electron chi connectivity index (χ3n) is 3.53. The summed E-state index contributed by atoms with van der Waals surface area (Å²) in [5, 5.41) is 0.531. The van der Waals surface area contributed by atoms with Gasteiger partial charge in [0.15, 0.2) is 0 Å². The van der Waals surface area contributed by atoms with Gasteiger partial charge in [0, 0.05) is 6.42 Å². The van der Waals surface area contributed by atoms with Crippen LogP contribution in [-0.4, -0.2) is 23.2 Å². The SMILES string of the molecule is COc1cccc2c(=O)n(-c3ccccc3)c(CCN)nc12. The van der Waals surface area contributed by atoms with E-state index in [1.807, 2.05) is 30.3 Å². The summed E-state index contributed by atoms with van der Waals surface area (Å²) >= 11 is 0. The van der Waals surface area contributed by atoms with Crippen LogP contribution in [0.2, 0.25) is 0 Å². The van der Waals surface area contributed by atoms with Gasteiger partial charge < -0.3 is 10.5 Å². The maximum absolute atomic E-state index is 12.9. The third-order valence-corrected chi connectivity index (χ3v) is 3.53. The summed E-state index contributed by atoms with van der Waals surface area (Å²) in [7, 11) is 1.57. The molecule has 0 bridgehead atoms. The highest BCUT2D eigenvalue weighted by atomic mass is 16.5. The predicted octanol–water partition coefficient (Wildman–Crippen LogP) is 1.90. The molecule has 1 aromatic heterocycles. The van der Waals surface area contributed by atoms with Crippen molar-refractivity contribution in [1.82, 2.24) is 9.55 Å². The zero-order chi connectivity index (χ0) is 15.5. The number of methoxy groups -OCH3 is 1. The molecule has 2 N–H and O–H groups in total. The summed E-state index contributed by atoms with van der Waals surface area (Å²) in [5.74, 6) is 1.23. The van der Waals surface area contributed by atoms with E-state index in [9.17, 15) is 4.79 Å². The second kappa shape index (κ2) is 5.99. The Hall–Kier alpha value is -2.66. The Morgan fingerprint density at radius 3 is 2.59 bits per heavy atom. The average molecular weight is 295 g/mol. The molecular formula is C17H17N3O2. The van der Waals surface area contributed by atoms with Gasteiger partial charge in [-0.2, -0.15) is 0 Å². The molecule has 22 heavy (non-hydrogen) atoms. The highest BCUT2D eigenvalue weighted by Gasteiger charge is 2.14. The van der Waals surface area contributed by atoms with E-state index in [1.54, 1.807) is 29.9 Å². The highest BCUT2D eigenvalue weighted by molar-refractivity contribution is 5.84. The maximum atomic E-state index is 12.9. The number of ether oxygens (including phenoxy) is 1. The van der Waals surface area contributed by atoms with Gasteiger partial charge in [0.2, 0.25) is 0 Å². The Kier molecular flexibility index (Phi) is 3.89. The van der Waals surface area contributed by atoms with E-state index in [0.717, 1.165) is 5.69 Å². The van der Waals surface area contributed by atoms with Crippen molar-refractivity contribution in [2.24, 2.45) is 5.73 Å². The van der Waals surface area contributed by atoms with E-state index >= 15 is 0 Å². The molecule has 0 amide bonds. The van der Waals surface area contributed by atoms with Crippen LogP contribution in [0.5, 0.6) is 5.75 Å².